The molecule has 0 saturated carbocycles. The lowest BCUT2D eigenvalue weighted by molar-refractivity contribution is -0.138. The van der Waals surface area contributed by atoms with Crippen molar-refractivity contribution in [1.29, 1.82) is 0 Å². The number of nitrogens with zero attached hydrogens (tertiary/aromatic N) is 2. The Morgan fingerprint density at radius 3 is 2.53 bits per heavy atom. The molecular formula is C23H19F3N2O3S. The van der Waals surface area contributed by atoms with Crippen molar-refractivity contribution < 1.29 is 27.5 Å². The fraction of sp³-hybridized carbons (Fsp3) is 0.217. The van der Waals surface area contributed by atoms with Crippen LogP contribution in [0.3, 0.4) is 0 Å². The van der Waals surface area contributed by atoms with E-state index in [1.807, 2.05) is 25.1 Å². The average molecular weight is 460 g/mol. The first-order chi connectivity index (χ1) is 15.1. The second kappa shape index (κ2) is 8.38. The predicted molar refractivity (Wildman–Crippen MR) is 116 cm³/mol. The minimum absolute atomic E-state index is 0.0978. The molecular weight excluding hydrogens is 441 g/mol. The van der Waals surface area contributed by atoms with Crippen LogP contribution in [0.25, 0.3) is 22.4 Å². The van der Waals surface area contributed by atoms with Gasteiger partial charge in [0.15, 0.2) is 0 Å². The number of benzene rings is 2. The molecule has 32 heavy (non-hydrogen) atoms. The van der Waals surface area contributed by atoms with Crippen molar-refractivity contribution in [2.45, 2.75) is 37.2 Å². The number of carboxylic acid groups (broad SMARTS) is 1. The molecule has 0 bridgehead atoms. The van der Waals surface area contributed by atoms with E-state index in [-0.39, 0.29) is 12.4 Å². The Morgan fingerprint density at radius 1 is 1.16 bits per heavy atom. The zero-order valence-electron chi connectivity index (χ0n) is 17.2. The number of rotatable bonds is 6. The summed E-state index contributed by atoms with van der Waals surface area (Å²) in [6.45, 7) is 3.66. The highest BCUT2D eigenvalue weighted by Crippen LogP contribution is 2.34. The van der Waals surface area contributed by atoms with Gasteiger partial charge in [-0.3, -0.25) is 4.79 Å². The van der Waals surface area contributed by atoms with Gasteiger partial charge in [-0.15, -0.1) is 11.8 Å². The highest BCUT2D eigenvalue weighted by molar-refractivity contribution is 7.98. The van der Waals surface area contributed by atoms with Crippen LogP contribution in [0.1, 0.15) is 22.6 Å². The van der Waals surface area contributed by atoms with E-state index in [1.54, 1.807) is 29.4 Å². The number of hydrogen-bond donors (Lipinski definition) is 1. The van der Waals surface area contributed by atoms with Crippen LogP contribution in [-0.2, 0) is 23.3 Å². The number of carboxylic acids is 1. The SMILES string of the molecule is Cc1cc2c(ccn2CC(=O)O)cc1SCc1oc(-c2ccc(C(F)(F)F)cc2)nc1C. The van der Waals surface area contributed by atoms with Crippen molar-refractivity contribution in [1.82, 2.24) is 9.55 Å². The monoisotopic (exact) mass is 460 g/mol. The predicted octanol–water partition coefficient (Wildman–Crippen LogP) is 6.31. The van der Waals surface area contributed by atoms with E-state index >= 15 is 0 Å². The molecule has 0 radical (unpaired) electrons. The fourth-order valence-corrected chi connectivity index (χ4v) is 4.44. The van der Waals surface area contributed by atoms with Gasteiger partial charge in [0.1, 0.15) is 12.3 Å². The number of halogens is 3. The quantitative estimate of drug-likeness (QED) is 0.342. The van der Waals surface area contributed by atoms with E-state index in [2.05, 4.69) is 4.98 Å². The highest BCUT2D eigenvalue weighted by atomic mass is 32.2. The number of aryl methyl sites for hydroxylation is 2. The smallest absolute Gasteiger partial charge is 0.416 e. The van der Waals surface area contributed by atoms with E-state index < -0.39 is 17.7 Å². The maximum Gasteiger partial charge on any atom is 0.416 e. The molecule has 2 aromatic carbocycles. The molecule has 2 aromatic heterocycles. The Hall–Kier alpha value is -3.20. The summed E-state index contributed by atoms with van der Waals surface area (Å²) in [5, 5.41) is 9.99. The van der Waals surface area contributed by atoms with Gasteiger partial charge in [0.2, 0.25) is 5.89 Å². The third kappa shape index (κ3) is 4.52. The molecule has 5 nitrogen and oxygen atoms in total. The van der Waals surface area contributed by atoms with E-state index in [0.717, 1.165) is 33.5 Å². The molecule has 0 unspecified atom stereocenters. The summed E-state index contributed by atoms with van der Waals surface area (Å²) in [5.41, 5.74) is 2.31. The molecule has 0 saturated heterocycles. The molecule has 4 rings (SSSR count). The van der Waals surface area contributed by atoms with Gasteiger partial charge in [0, 0.05) is 27.6 Å². The first kappa shape index (κ1) is 22.0. The number of fused-ring (bicyclic) bond motifs is 1. The molecule has 0 aliphatic carbocycles. The Balaban J connectivity index is 1.52. The van der Waals surface area contributed by atoms with Crippen molar-refractivity contribution in [3.63, 3.8) is 0 Å². The fourth-order valence-electron chi connectivity index (χ4n) is 3.39. The number of alkyl halides is 3. The minimum atomic E-state index is -4.39. The van der Waals surface area contributed by atoms with Gasteiger partial charge in [0.05, 0.1) is 17.0 Å². The zero-order valence-corrected chi connectivity index (χ0v) is 18.0. The zero-order chi connectivity index (χ0) is 23.0. The van der Waals surface area contributed by atoms with Gasteiger partial charge in [-0.2, -0.15) is 13.2 Å². The second-order valence-electron chi connectivity index (χ2n) is 7.41. The summed E-state index contributed by atoms with van der Waals surface area (Å²) in [4.78, 5) is 16.4. The molecule has 9 heteroatoms. The molecule has 1 N–H and O–H groups in total. The molecule has 4 aromatic rings. The lowest BCUT2D eigenvalue weighted by atomic mass is 10.1. The molecule has 2 heterocycles. The standard InChI is InChI=1S/C23H19F3N2O3S/c1-13-9-18-16(7-8-28(18)11-21(29)30)10-20(13)32-12-19-14(2)27-22(31-19)15-3-5-17(6-4-15)23(24,25)26/h3-10H,11-12H2,1-2H3,(H,29,30). The van der Waals surface area contributed by atoms with Crippen LogP contribution in [0.5, 0.6) is 0 Å². The normalized spacial score (nSPS) is 11.9. The second-order valence-corrected chi connectivity index (χ2v) is 8.42. The van der Waals surface area contributed by atoms with Crippen LogP contribution in [0.2, 0.25) is 0 Å². The van der Waals surface area contributed by atoms with Crippen LogP contribution in [0.15, 0.2) is 58.0 Å². The third-order valence-electron chi connectivity index (χ3n) is 5.08. The number of hydrogen-bond acceptors (Lipinski definition) is 4. The van der Waals surface area contributed by atoms with E-state index in [0.29, 0.717) is 22.8 Å². The van der Waals surface area contributed by atoms with Crippen molar-refractivity contribution in [3.05, 3.63) is 71.2 Å². The number of thioether (sulfide) groups is 1. The molecule has 0 fully saturated rings. The van der Waals surface area contributed by atoms with Crippen molar-refractivity contribution in [2.75, 3.05) is 0 Å². The number of aliphatic carboxylic acids is 1. The van der Waals surface area contributed by atoms with Crippen LogP contribution in [-0.4, -0.2) is 20.6 Å². The Labute approximate surface area is 185 Å². The van der Waals surface area contributed by atoms with E-state index in [1.165, 1.54) is 12.1 Å². The lowest BCUT2D eigenvalue weighted by Gasteiger charge is -2.08. The summed E-state index contributed by atoms with van der Waals surface area (Å²) in [7, 11) is 0. The third-order valence-corrected chi connectivity index (χ3v) is 6.24. The summed E-state index contributed by atoms with van der Waals surface area (Å²) in [6.07, 6.45) is -2.63. The first-order valence-corrected chi connectivity index (χ1v) is 10.7. The average Bonchev–Trinajstić information content (AvgIpc) is 3.28. The maximum absolute atomic E-state index is 12.8. The van der Waals surface area contributed by atoms with Gasteiger partial charge in [-0.1, -0.05) is 0 Å². The molecule has 0 atom stereocenters. The van der Waals surface area contributed by atoms with Gasteiger partial charge >= 0.3 is 12.1 Å². The minimum Gasteiger partial charge on any atom is -0.480 e. The molecule has 0 spiro atoms. The largest absolute Gasteiger partial charge is 0.480 e. The van der Waals surface area contributed by atoms with E-state index in [4.69, 9.17) is 9.52 Å². The molecule has 166 valence electrons. The Morgan fingerprint density at radius 2 is 1.88 bits per heavy atom. The maximum atomic E-state index is 12.8. The van der Waals surface area contributed by atoms with Gasteiger partial charge in [0.25, 0.3) is 0 Å². The Kier molecular flexibility index (Phi) is 5.77. The number of carbonyl (C=O) groups is 1. The van der Waals surface area contributed by atoms with Gasteiger partial charge in [-0.25, -0.2) is 4.98 Å². The molecule has 0 aliphatic rings. The van der Waals surface area contributed by atoms with Crippen LogP contribution < -0.4 is 0 Å². The van der Waals surface area contributed by atoms with Crippen molar-refractivity contribution >= 4 is 28.6 Å². The Bertz CT molecular complexity index is 1290. The molecule has 0 aliphatic heterocycles. The van der Waals surface area contributed by atoms with Crippen molar-refractivity contribution in [3.8, 4) is 11.5 Å². The first-order valence-electron chi connectivity index (χ1n) is 9.70. The summed E-state index contributed by atoms with van der Waals surface area (Å²) >= 11 is 1.56. The molecule has 0 amide bonds. The van der Waals surface area contributed by atoms with Gasteiger partial charge in [-0.05, 0) is 61.9 Å². The number of aromatic nitrogens is 2. The summed E-state index contributed by atoms with van der Waals surface area (Å²) < 4.78 is 45.8. The summed E-state index contributed by atoms with van der Waals surface area (Å²) in [5.74, 6) is 0.530. The van der Waals surface area contributed by atoms with Crippen LogP contribution in [0, 0.1) is 13.8 Å². The topological polar surface area (TPSA) is 68.3 Å². The van der Waals surface area contributed by atoms with Crippen LogP contribution >= 0.6 is 11.8 Å². The van der Waals surface area contributed by atoms with Crippen LogP contribution in [0.4, 0.5) is 13.2 Å². The lowest BCUT2D eigenvalue weighted by Crippen LogP contribution is -2.07. The summed E-state index contributed by atoms with van der Waals surface area (Å²) in [6, 6.07) is 10.6. The van der Waals surface area contributed by atoms with E-state index in [9.17, 15) is 18.0 Å². The highest BCUT2D eigenvalue weighted by Gasteiger charge is 2.30. The van der Waals surface area contributed by atoms with Gasteiger partial charge < -0.3 is 14.1 Å². The number of oxazole rings is 1. The van der Waals surface area contributed by atoms with Crippen molar-refractivity contribution in [2.24, 2.45) is 0 Å².